The van der Waals surface area contributed by atoms with Crippen LogP contribution in [-0.2, 0) is 11.2 Å². The molecule has 39 heavy (non-hydrogen) atoms. The molecule has 2 bridgehead atoms. The maximum Gasteiger partial charge on any atom is 0.139 e. The summed E-state index contributed by atoms with van der Waals surface area (Å²) in [6.07, 6.45) is 13.3. The molecule has 3 aromatic heterocycles. The summed E-state index contributed by atoms with van der Waals surface area (Å²) in [6, 6.07) is 3.91. The van der Waals surface area contributed by atoms with Gasteiger partial charge in [0.25, 0.3) is 0 Å². The average molecular weight is 550 g/mol. The summed E-state index contributed by atoms with van der Waals surface area (Å²) >= 11 is 1.73. The number of nitrogens with one attached hydrogen (secondary N) is 1. The van der Waals surface area contributed by atoms with Crippen molar-refractivity contribution in [2.24, 2.45) is 0 Å². The van der Waals surface area contributed by atoms with Gasteiger partial charge in [-0.05, 0) is 82.2 Å². The molecule has 4 fully saturated rings. The Hall–Kier alpha value is -2.07. The number of piperazine rings is 1. The van der Waals surface area contributed by atoms with E-state index in [9.17, 15) is 0 Å². The Morgan fingerprint density at radius 2 is 1.82 bits per heavy atom. The van der Waals surface area contributed by atoms with Crippen LogP contribution in [0, 0.1) is 6.92 Å². The summed E-state index contributed by atoms with van der Waals surface area (Å²) in [5.41, 5.74) is 2.45. The van der Waals surface area contributed by atoms with Gasteiger partial charge in [-0.3, -0.25) is 14.5 Å². The van der Waals surface area contributed by atoms with E-state index in [1.54, 1.807) is 11.3 Å². The number of anilines is 1. The molecule has 6 heterocycles. The van der Waals surface area contributed by atoms with Gasteiger partial charge in [-0.15, -0.1) is 11.3 Å². The van der Waals surface area contributed by atoms with Crippen molar-refractivity contribution in [1.29, 1.82) is 0 Å². The first kappa shape index (κ1) is 25.9. The molecule has 4 aliphatic rings. The van der Waals surface area contributed by atoms with Gasteiger partial charge in [-0.2, -0.15) is 5.10 Å². The molecule has 3 saturated heterocycles. The fourth-order valence-corrected chi connectivity index (χ4v) is 8.61. The van der Waals surface area contributed by atoms with Crippen LogP contribution < -0.4 is 5.32 Å². The van der Waals surface area contributed by atoms with E-state index in [0.29, 0.717) is 24.5 Å². The van der Waals surface area contributed by atoms with Gasteiger partial charge in [0, 0.05) is 69.1 Å². The third-order valence-electron chi connectivity index (χ3n) is 9.74. The van der Waals surface area contributed by atoms with Gasteiger partial charge < -0.3 is 10.1 Å². The predicted molar refractivity (Wildman–Crippen MR) is 157 cm³/mol. The van der Waals surface area contributed by atoms with E-state index < -0.39 is 0 Å². The predicted octanol–water partition coefficient (Wildman–Crippen LogP) is 5.03. The van der Waals surface area contributed by atoms with Crippen molar-refractivity contribution in [3.05, 3.63) is 34.7 Å². The Labute approximate surface area is 236 Å². The molecular weight excluding hydrogens is 506 g/mol. The fraction of sp³-hybridized carbons (Fsp3) is 0.700. The van der Waals surface area contributed by atoms with E-state index in [-0.39, 0.29) is 0 Å². The number of aryl methyl sites for hydroxylation is 1. The first-order valence-electron chi connectivity index (χ1n) is 15.2. The Kier molecular flexibility index (Phi) is 7.11. The maximum atomic E-state index is 5.53. The van der Waals surface area contributed by atoms with Crippen molar-refractivity contribution >= 4 is 27.4 Å². The molecule has 1 aliphatic carbocycles. The molecule has 0 aromatic carbocycles. The monoisotopic (exact) mass is 549 g/mol. The minimum atomic E-state index is 0.438. The molecule has 210 valence electrons. The number of rotatable bonds is 7. The second-order valence-corrected chi connectivity index (χ2v) is 13.5. The van der Waals surface area contributed by atoms with Crippen LogP contribution in [-0.4, -0.2) is 86.1 Å². The number of nitrogens with zero attached hydrogens (tertiary/aromatic N) is 6. The number of ether oxygens (including phenoxy) is 1. The first-order valence-corrected chi connectivity index (χ1v) is 16.0. The number of likely N-dealkylation sites (tertiary alicyclic amines) is 2. The highest BCUT2D eigenvalue weighted by Gasteiger charge is 2.46. The second kappa shape index (κ2) is 10.7. The molecule has 7 rings (SSSR count). The third-order valence-corrected chi connectivity index (χ3v) is 10.7. The van der Waals surface area contributed by atoms with Crippen LogP contribution in [0.25, 0.3) is 10.2 Å². The van der Waals surface area contributed by atoms with Crippen LogP contribution >= 0.6 is 11.3 Å². The SMILES string of the molecule is Cc1csc2nc(Cc3cnn(C4CCOCC4)c3)nc(NC3CCC(N4C[C@H]5C[C@@H]4CN5C(C)C)CC3)c12. The lowest BCUT2D eigenvalue weighted by Crippen LogP contribution is -2.53. The Balaban J connectivity index is 1.02. The maximum absolute atomic E-state index is 5.53. The smallest absolute Gasteiger partial charge is 0.139 e. The van der Waals surface area contributed by atoms with Crippen LogP contribution in [0.1, 0.15) is 81.8 Å². The summed E-state index contributed by atoms with van der Waals surface area (Å²) in [6.45, 7) is 11.1. The van der Waals surface area contributed by atoms with Crippen LogP contribution in [0.2, 0.25) is 0 Å². The topological polar surface area (TPSA) is 71.3 Å². The zero-order chi connectivity index (χ0) is 26.5. The van der Waals surface area contributed by atoms with Gasteiger partial charge >= 0.3 is 0 Å². The minimum Gasteiger partial charge on any atom is -0.381 e. The molecule has 3 aromatic rings. The van der Waals surface area contributed by atoms with E-state index in [2.05, 4.69) is 57.2 Å². The molecule has 9 heteroatoms. The van der Waals surface area contributed by atoms with Gasteiger partial charge in [0.15, 0.2) is 0 Å². The quantitative estimate of drug-likeness (QED) is 0.443. The van der Waals surface area contributed by atoms with E-state index in [1.807, 2.05) is 6.20 Å². The van der Waals surface area contributed by atoms with Crippen molar-refractivity contribution in [1.82, 2.24) is 29.5 Å². The van der Waals surface area contributed by atoms with Crippen molar-refractivity contribution in [2.45, 2.75) is 108 Å². The van der Waals surface area contributed by atoms with Crippen LogP contribution in [0.4, 0.5) is 5.82 Å². The van der Waals surface area contributed by atoms with Gasteiger partial charge in [-0.25, -0.2) is 9.97 Å². The molecule has 0 radical (unpaired) electrons. The molecule has 1 saturated carbocycles. The zero-order valence-electron chi connectivity index (χ0n) is 23.7. The zero-order valence-corrected chi connectivity index (χ0v) is 24.5. The molecular formula is C30H43N7OS. The third kappa shape index (κ3) is 5.11. The van der Waals surface area contributed by atoms with Gasteiger partial charge in [0.1, 0.15) is 16.5 Å². The summed E-state index contributed by atoms with van der Waals surface area (Å²) in [4.78, 5) is 16.8. The van der Waals surface area contributed by atoms with Gasteiger partial charge in [0.2, 0.25) is 0 Å². The molecule has 1 N–H and O–H groups in total. The number of aromatic nitrogens is 4. The van der Waals surface area contributed by atoms with Crippen molar-refractivity contribution in [3.63, 3.8) is 0 Å². The van der Waals surface area contributed by atoms with Crippen molar-refractivity contribution < 1.29 is 4.74 Å². The summed E-state index contributed by atoms with van der Waals surface area (Å²) < 4.78 is 7.65. The van der Waals surface area contributed by atoms with Gasteiger partial charge in [-0.1, -0.05) is 0 Å². The highest BCUT2D eigenvalue weighted by molar-refractivity contribution is 7.17. The van der Waals surface area contributed by atoms with E-state index in [4.69, 9.17) is 14.7 Å². The lowest BCUT2D eigenvalue weighted by molar-refractivity contribution is 0.0595. The Bertz CT molecular complexity index is 1290. The molecule has 3 aliphatic heterocycles. The standard InChI is InChI=1S/C30H43N7OS/c1-19(2)35-16-26-13-25(35)17-36(26)23-6-4-22(5-7-23)32-29-28-20(3)18-39-30(28)34-27(33-29)12-21-14-31-37(15-21)24-8-10-38-11-9-24/h14-15,18-19,22-26H,4-13,16-17H2,1-3H3,(H,32,33,34)/t22?,23?,25-,26-/m1/s1. The molecule has 0 spiro atoms. The summed E-state index contributed by atoms with van der Waals surface area (Å²) in [5, 5.41) is 12.0. The highest BCUT2D eigenvalue weighted by Crippen LogP contribution is 2.38. The lowest BCUT2D eigenvalue weighted by atomic mass is 9.89. The molecule has 0 amide bonds. The van der Waals surface area contributed by atoms with E-state index in [0.717, 1.165) is 60.7 Å². The average Bonchev–Trinajstić information content (AvgIpc) is 3.74. The normalized spacial score (nSPS) is 28.7. The van der Waals surface area contributed by atoms with E-state index >= 15 is 0 Å². The van der Waals surface area contributed by atoms with Crippen LogP contribution in [0.5, 0.6) is 0 Å². The Morgan fingerprint density at radius 1 is 1.00 bits per heavy atom. The van der Waals surface area contributed by atoms with Crippen LogP contribution in [0.3, 0.4) is 0 Å². The number of thiophene rings is 1. The lowest BCUT2D eigenvalue weighted by Gasteiger charge is -2.43. The largest absolute Gasteiger partial charge is 0.381 e. The number of hydrogen-bond donors (Lipinski definition) is 1. The van der Waals surface area contributed by atoms with Gasteiger partial charge in [0.05, 0.1) is 17.6 Å². The van der Waals surface area contributed by atoms with E-state index in [1.165, 1.54) is 61.7 Å². The highest BCUT2D eigenvalue weighted by atomic mass is 32.1. The molecule has 8 nitrogen and oxygen atoms in total. The minimum absolute atomic E-state index is 0.438. The number of hydrogen-bond acceptors (Lipinski definition) is 8. The number of fused-ring (bicyclic) bond motifs is 3. The van der Waals surface area contributed by atoms with Crippen molar-refractivity contribution in [2.75, 3.05) is 31.6 Å². The Morgan fingerprint density at radius 3 is 2.56 bits per heavy atom. The van der Waals surface area contributed by atoms with Crippen LogP contribution in [0.15, 0.2) is 17.8 Å². The summed E-state index contributed by atoms with van der Waals surface area (Å²) in [5.74, 6) is 1.91. The van der Waals surface area contributed by atoms with Crippen molar-refractivity contribution in [3.8, 4) is 0 Å². The summed E-state index contributed by atoms with van der Waals surface area (Å²) in [7, 11) is 0. The first-order chi connectivity index (χ1) is 19.0. The molecule has 2 atom stereocenters. The fourth-order valence-electron chi connectivity index (χ4n) is 7.67. The molecule has 0 unspecified atom stereocenters. The second-order valence-electron chi connectivity index (χ2n) is 12.6.